The van der Waals surface area contributed by atoms with Gasteiger partial charge in [-0.25, -0.2) is 0 Å². The number of non-ortho nitro benzene ring substituents is 1. The molecule has 0 radical (unpaired) electrons. The van der Waals surface area contributed by atoms with Crippen LogP contribution in [0.25, 0.3) is 10.9 Å². The zero-order chi connectivity index (χ0) is 12.7. The molecule has 0 fully saturated rings. The lowest BCUT2D eigenvalue weighted by Gasteiger charge is -2.01. The van der Waals surface area contributed by atoms with Gasteiger partial charge in [-0.2, -0.15) is 0 Å². The first kappa shape index (κ1) is 11.3. The quantitative estimate of drug-likeness (QED) is 0.561. The van der Waals surface area contributed by atoms with Gasteiger partial charge in [-0.05, 0) is 25.5 Å². The Morgan fingerprint density at radius 1 is 1.35 bits per heavy atom. The number of nitro benzene ring substituents is 1. The van der Waals surface area contributed by atoms with Gasteiger partial charge in [-0.3, -0.25) is 19.5 Å². The molecule has 0 saturated carbocycles. The van der Waals surface area contributed by atoms with Crippen LogP contribution in [0.4, 0.5) is 5.69 Å². The molecule has 1 aromatic heterocycles. The molecule has 0 N–H and O–H groups in total. The number of hydrogen-bond donors (Lipinski definition) is 0. The molecule has 0 aliphatic carbocycles. The summed E-state index contributed by atoms with van der Waals surface area (Å²) in [4.78, 5) is 21.8. The van der Waals surface area contributed by atoms with Gasteiger partial charge in [0.2, 0.25) is 5.91 Å². The summed E-state index contributed by atoms with van der Waals surface area (Å²) in [6, 6.07) is 4.55. The Balaban J connectivity index is 2.85. The summed E-state index contributed by atoms with van der Waals surface area (Å²) in [5.41, 5.74) is 2.49. The first-order valence-electron chi connectivity index (χ1n) is 5.20. The molecular weight excluding hydrogens is 220 g/mol. The van der Waals surface area contributed by atoms with E-state index in [4.69, 9.17) is 0 Å². The number of nitro groups is 1. The van der Waals surface area contributed by atoms with E-state index in [-0.39, 0.29) is 11.6 Å². The van der Waals surface area contributed by atoms with E-state index >= 15 is 0 Å². The van der Waals surface area contributed by atoms with Crippen molar-refractivity contribution < 1.29 is 9.72 Å². The van der Waals surface area contributed by atoms with E-state index in [1.807, 2.05) is 13.8 Å². The number of aromatic nitrogens is 1. The van der Waals surface area contributed by atoms with E-state index in [1.54, 1.807) is 10.6 Å². The van der Waals surface area contributed by atoms with Crippen molar-refractivity contribution in [2.75, 3.05) is 0 Å². The van der Waals surface area contributed by atoms with Gasteiger partial charge in [-0.1, -0.05) is 0 Å². The predicted molar refractivity (Wildman–Crippen MR) is 64.4 cm³/mol. The van der Waals surface area contributed by atoms with Crippen molar-refractivity contribution in [1.82, 2.24) is 4.57 Å². The summed E-state index contributed by atoms with van der Waals surface area (Å²) < 4.78 is 1.58. The van der Waals surface area contributed by atoms with E-state index in [1.165, 1.54) is 19.1 Å². The SMILES string of the molecule is CC(=O)n1c(C)c(C)c2cc([N+](=O)[O-])ccc21. The van der Waals surface area contributed by atoms with E-state index in [9.17, 15) is 14.9 Å². The van der Waals surface area contributed by atoms with E-state index < -0.39 is 4.92 Å². The lowest BCUT2D eigenvalue weighted by atomic mass is 10.1. The van der Waals surface area contributed by atoms with Crippen molar-refractivity contribution in [2.45, 2.75) is 20.8 Å². The third-order valence-corrected chi connectivity index (χ3v) is 3.03. The number of carbonyl (C=O) groups excluding carboxylic acids is 1. The Hall–Kier alpha value is -2.17. The molecule has 0 amide bonds. The summed E-state index contributed by atoms with van der Waals surface area (Å²) in [6.07, 6.45) is 0. The highest BCUT2D eigenvalue weighted by Crippen LogP contribution is 2.28. The summed E-state index contributed by atoms with van der Waals surface area (Å²) in [5, 5.41) is 11.5. The minimum atomic E-state index is -0.431. The summed E-state index contributed by atoms with van der Waals surface area (Å²) in [6.45, 7) is 5.18. The van der Waals surface area contributed by atoms with Gasteiger partial charge in [0.05, 0.1) is 10.4 Å². The molecule has 17 heavy (non-hydrogen) atoms. The van der Waals surface area contributed by atoms with E-state index in [2.05, 4.69) is 0 Å². The maximum atomic E-state index is 11.5. The van der Waals surface area contributed by atoms with Gasteiger partial charge in [-0.15, -0.1) is 0 Å². The van der Waals surface area contributed by atoms with Crippen LogP contribution in [-0.2, 0) is 0 Å². The molecule has 0 saturated heterocycles. The average molecular weight is 232 g/mol. The van der Waals surface area contributed by atoms with Crippen LogP contribution in [0, 0.1) is 24.0 Å². The summed E-state index contributed by atoms with van der Waals surface area (Å²) in [5.74, 6) is -0.0885. The van der Waals surface area contributed by atoms with Gasteiger partial charge < -0.3 is 0 Å². The number of nitrogens with zero attached hydrogens (tertiary/aromatic N) is 2. The van der Waals surface area contributed by atoms with Crippen LogP contribution >= 0.6 is 0 Å². The molecule has 1 heterocycles. The zero-order valence-corrected chi connectivity index (χ0v) is 9.85. The maximum Gasteiger partial charge on any atom is 0.270 e. The van der Waals surface area contributed by atoms with E-state index in [0.717, 1.165) is 22.2 Å². The van der Waals surface area contributed by atoms with Gasteiger partial charge >= 0.3 is 0 Å². The van der Waals surface area contributed by atoms with Crippen molar-refractivity contribution in [3.05, 3.63) is 39.6 Å². The average Bonchev–Trinajstić information content (AvgIpc) is 2.51. The first-order chi connectivity index (χ1) is 7.93. The highest BCUT2D eigenvalue weighted by molar-refractivity contribution is 5.96. The third-order valence-electron chi connectivity index (χ3n) is 3.03. The third kappa shape index (κ3) is 1.60. The molecule has 5 heteroatoms. The largest absolute Gasteiger partial charge is 0.284 e. The van der Waals surface area contributed by atoms with E-state index in [0.29, 0.717) is 0 Å². The number of benzene rings is 1. The van der Waals surface area contributed by atoms with Crippen molar-refractivity contribution in [2.24, 2.45) is 0 Å². The van der Waals surface area contributed by atoms with Crippen molar-refractivity contribution in [1.29, 1.82) is 0 Å². The number of aryl methyl sites for hydroxylation is 1. The topological polar surface area (TPSA) is 65.1 Å². The maximum absolute atomic E-state index is 11.5. The van der Waals surface area contributed by atoms with Gasteiger partial charge in [0.25, 0.3) is 5.69 Å². The van der Waals surface area contributed by atoms with Crippen molar-refractivity contribution >= 4 is 22.5 Å². The standard InChI is InChI=1S/C12H12N2O3/c1-7-8(2)13(9(3)15)12-5-4-10(14(16)17)6-11(7)12/h4-6H,1-3H3. The van der Waals surface area contributed by atoms with Crippen LogP contribution < -0.4 is 0 Å². The van der Waals surface area contributed by atoms with Crippen LogP contribution in [0.5, 0.6) is 0 Å². The Morgan fingerprint density at radius 3 is 2.53 bits per heavy atom. The molecule has 0 spiro atoms. The molecule has 2 rings (SSSR count). The molecule has 1 aromatic carbocycles. The molecular formula is C12H12N2O3. The fraction of sp³-hybridized carbons (Fsp3) is 0.250. The van der Waals surface area contributed by atoms with Crippen molar-refractivity contribution in [3.63, 3.8) is 0 Å². The monoisotopic (exact) mass is 232 g/mol. The fourth-order valence-electron chi connectivity index (χ4n) is 2.08. The second-order valence-corrected chi connectivity index (χ2v) is 4.02. The minimum absolute atomic E-state index is 0.0429. The molecule has 0 aliphatic heterocycles. The molecule has 88 valence electrons. The normalized spacial score (nSPS) is 10.8. The number of hydrogen-bond acceptors (Lipinski definition) is 3. The lowest BCUT2D eigenvalue weighted by molar-refractivity contribution is -0.384. The Morgan fingerprint density at radius 2 is 2.00 bits per heavy atom. The van der Waals surface area contributed by atoms with Crippen LogP contribution in [-0.4, -0.2) is 15.4 Å². The summed E-state index contributed by atoms with van der Waals surface area (Å²) in [7, 11) is 0. The Bertz CT molecular complexity index is 641. The molecule has 0 atom stereocenters. The van der Waals surface area contributed by atoms with Crippen molar-refractivity contribution in [3.8, 4) is 0 Å². The van der Waals surface area contributed by atoms with Gasteiger partial charge in [0.15, 0.2) is 0 Å². The number of carbonyl (C=O) groups is 1. The molecule has 0 aliphatic rings. The molecule has 0 bridgehead atoms. The molecule has 5 nitrogen and oxygen atoms in total. The number of fused-ring (bicyclic) bond motifs is 1. The zero-order valence-electron chi connectivity index (χ0n) is 9.85. The highest BCUT2D eigenvalue weighted by Gasteiger charge is 2.16. The van der Waals surface area contributed by atoms with Crippen LogP contribution in [0.1, 0.15) is 23.0 Å². The van der Waals surface area contributed by atoms with Gasteiger partial charge in [0, 0.05) is 30.1 Å². The minimum Gasteiger partial charge on any atom is -0.284 e. The van der Waals surface area contributed by atoms with Crippen LogP contribution in [0.2, 0.25) is 0 Å². The Labute approximate surface area is 97.8 Å². The lowest BCUT2D eigenvalue weighted by Crippen LogP contribution is -2.07. The van der Waals surface area contributed by atoms with Crippen LogP contribution in [0.15, 0.2) is 18.2 Å². The Kier molecular flexibility index (Phi) is 2.46. The first-order valence-corrected chi connectivity index (χ1v) is 5.20. The molecule has 2 aromatic rings. The summed E-state index contributed by atoms with van der Waals surface area (Å²) >= 11 is 0. The second-order valence-electron chi connectivity index (χ2n) is 4.02. The molecule has 0 unspecified atom stereocenters. The second kappa shape index (κ2) is 3.69. The fourth-order valence-corrected chi connectivity index (χ4v) is 2.08. The van der Waals surface area contributed by atoms with Crippen LogP contribution in [0.3, 0.4) is 0 Å². The highest BCUT2D eigenvalue weighted by atomic mass is 16.6. The van der Waals surface area contributed by atoms with Gasteiger partial charge in [0.1, 0.15) is 0 Å². The smallest absolute Gasteiger partial charge is 0.270 e. The number of rotatable bonds is 1. The predicted octanol–water partition coefficient (Wildman–Crippen LogP) is 2.83.